The first-order chi connectivity index (χ1) is 9.81. The van der Waals surface area contributed by atoms with Crippen LogP contribution in [-0.2, 0) is 0 Å². The van der Waals surface area contributed by atoms with Gasteiger partial charge in [0, 0.05) is 6.54 Å². The lowest BCUT2D eigenvalue weighted by Gasteiger charge is -2.24. The van der Waals surface area contributed by atoms with Gasteiger partial charge < -0.3 is 4.90 Å². The Balaban J connectivity index is 1.87. The number of aromatic nitrogens is 2. The summed E-state index contributed by atoms with van der Waals surface area (Å²) in [7, 11) is 0. The van der Waals surface area contributed by atoms with Crippen LogP contribution in [0.1, 0.15) is 36.7 Å². The quantitative estimate of drug-likeness (QED) is 0.800. The van der Waals surface area contributed by atoms with Crippen molar-refractivity contribution < 1.29 is 4.79 Å². The fourth-order valence-corrected chi connectivity index (χ4v) is 2.73. The zero-order valence-corrected chi connectivity index (χ0v) is 11.7. The van der Waals surface area contributed by atoms with E-state index < -0.39 is 0 Å². The van der Waals surface area contributed by atoms with E-state index in [1.807, 2.05) is 29.2 Å². The summed E-state index contributed by atoms with van der Waals surface area (Å²) in [4.78, 5) is 14.7. The third-order valence-corrected chi connectivity index (χ3v) is 3.82. The van der Waals surface area contributed by atoms with E-state index in [1.165, 1.54) is 0 Å². The van der Waals surface area contributed by atoms with Crippen molar-refractivity contribution in [3.63, 3.8) is 0 Å². The van der Waals surface area contributed by atoms with Crippen LogP contribution < -0.4 is 0 Å². The minimum atomic E-state index is 0.0606. The van der Waals surface area contributed by atoms with E-state index in [4.69, 9.17) is 0 Å². The summed E-state index contributed by atoms with van der Waals surface area (Å²) < 4.78 is 1.72. The summed E-state index contributed by atoms with van der Waals surface area (Å²) in [5, 5.41) is 4.25. The lowest BCUT2D eigenvalue weighted by molar-refractivity contribution is 0.0734. The maximum Gasteiger partial charge on any atom is 0.273 e. The molecular weight excluding hydrogens is 250 g/mol. The second-order valence-corrected chi connectivity index (χ2v) is 5.17. The number of amides is 1. The fraction of sp³-hybridized carbons (Fsp3) is 0.375. The first-order valence-electron chi connectivity index (χ1n) is 7.21. The zero-order valence-electron chi connectivity index (χ0n) is 11.7. The molecule has 0 bridgehead atoms. The van der Waals surface area contributed by atoms with Crippen molar-refractivity contribution in [2.75, 3.05) is 6.54 Å². The molecule has 1 amide bonds. The SMILES string of the molecule is CCCC[C@H]1C=CCN1C(=O)c1cccc2ccnn12. The van der Waals surface area contributed by atoms with Gasteiger partial charge in [-0.3, -0.25) is 4.79 Å². The number of fused-ring (bicyclic) bond motifs is 1. The second-order valence-electron chi connectivity index (χ2n) is 5.17. The fourth-order valence-electron chi connectivity index (χ4n) is 2.73. The number of pyridine rings is 1. The number of unbranched alkanes of at least 4 members (excludes halogenated alkanes) is 1. The van der Waals surface area contributed by atoms with E-state index in [1.54, 1.807) is 10.7 Å². The van der Waals surface area contributed by atoms with Gasteiger partial charge in [0.25, 0.3) is 5.91 Å². The van der Waals surface area contributed by atoms with Crippen LogP contribution >= 0.6 is 0 Å². The van der Waals surface area contributed by atoms with Crippen LogP contribution in [0.5, 0.6) is 0 Å². The highest BCUT2D eigenvalue weighted by atomic mass is 16.2. The molecule has 0 fully saturated rings. The summed E-state index contributed by atoms with van der Waals surface area (Å²) in [6.45, 7) is 2.88. The molecule has 0 saturated heterocycles. The molecule has 20 heavy (non-hydrogen) atoms. The van der Waals surface area contributed by atoms with Gasteiger partial charge in [-0.25, -0.2) is 4.52 Å². The molecule has 4 heteroatoms. The highest BCUT2D eigenvalue weighted by Crippen LogP contribution is 2.19. The van der Waals surface area contributed by atoms with Crippen LogP contribution in [0.15, 0.2) is 42.6 Å². The van der Waals surface area contributed by atoms with Gasteiger partial charge in [0.15, 0.2) is 0 Å². The Hall–Kier alpha value is -2.10. The third kappa shape index (κ3) is 2.22. The number of carbonyl (C=O) groups excluding carboxylic acids is 1. The molecule has 4 nitrogen and oxygen atoms in total. The Labute approximate surface area is 118 Å². The second kappa shape index (κ2) is 5.49. The number of carbonyl (C=O) groups is 1. The molecular formula is C16H19N3O. The summed E-state index contributed by atoms with van der Waals surface area (Å²) in [6.07, 6.45) is 9.29. The van der Waals surface area contributed by atoms with Crippen LogP contribution in [0, 0.1) is 0 Å². The summed E-state index contributed by atoms with van der Waals surface area (Å²) in [5.74, 6) is 0.0606. The average molecular weight is 269 g/mol. The lowest BCUT2D eigenvalue weighted by Crippen LogP contribution is -2.37. The lowest BCUT2D eigenvalue weighted by atomic mass is 10.1. The summed E-state index contributed by atoms with van der Waals surface area (Å²) >= 11 is 0. The standard InChI is InChI=1S/C16H19N3O/c1-2-3-6-13-8-5-12-18(13)16(20)15-9-4-7-14-10-11-17-19(14)15/h4-5,7-11,13H,2-3,6,12H2,1H3/t13-/m0/s1. The van der Waals surface area contributed by atoms with Gasteiger partial charge in [-0.1, -0.05) is 38.0 Å². The highest BCUT2D eigenvalue weighted by Gasteiger charge is 2.26. The monoisotopic (exact) mass is 269 g/mol. The van der Waals surface area contributed by atoms with Crippen molar-refractivity contribution in [1.82, 2.24) is 14.5 Å². The van der Waals surface area contributed by atoms with Crippen molar-refractivity contribution in [3.8, 4) is 0 Å². The smallest absolute Gasteiger partial charge is 0.273 e. The third-order valence-electron chi connectivity index (χ3n) is 3.82. The van der Waals surface area contributed by atoms with Gasteiger partial charge in [0.05, 0.1) is 17.8 Å². The maximum absolute atomic E-state index is 12.8. The van der Waals surface area contributed by atoms with Gasteiger partial charge >= 0.3 is 0 Å². The Bertz CT molecular complexity index is 644. The van der Waals surface area contributed by atoms with Crippen LogP contribution in [0.4, 0.5) is 0 Å². The Kier molecular flexibility index (Phi) is 3.54. The topological polar surface area (TPSA) is 37.6 Å². The first kappa shape index (κ1) is 12.9. The zero-order chi connectivity index (χ0) is 13.9. The number of rotatable bonds is 4. The molecule has 0 radical (unpaired) electrons. The van der Waals surface area contributed by atoms with Crippen LogP contribution in [-0.4, -0.2) is 33.0 Å². The van der Waals surface area contributed by atoms with Crippen LogP contribution in [0.2, 0.25) is 0 Å². The molecule has 3 rings (SSSR count). The van der Waals surface area contributed by atoms with Crippen molar-refractivity contribution in [1.29, 1.82) is 0 Å². The molecule has 0 saturated carbocycles. The van der Waals surface area contributed by atoms with Gasteiger partial charge in [-0.15, -0.1) is 0 Å². The Morgan fingerprint density at radius 1 is 1.40 bits per heavy atom. The predicted molar refractivity (Wildman–Crippen MR) is 78.7 cm³/mol. The summed E-state index contributed by atoms with van der Waals surface area (Å²) in [6, 6.07) is 7.86. The maximum atomic E-state index is 12.8. The van der Waals surface area contributed by atoms with E-state index in [2.05, 4.69) is 24.2 Å². The number of nitrogens with zero attached hydrogens (tertiary/aromatic N) is 3. The van der Waals surface area contributed by atoms with Gasteiger partial charge in [0.1, 0.15) is 5.69 Å². The normalized spacial score (nSPS) is 18.1. The molecule has 0 spiro atoms. The molecule has 0 unspecified atom stereocenters. The molecule has 3 heterocycles. The van der Waals surface area contributed by atoms with E-state index in [-0.39, 0.29) is 11.9 Å². The molecule has 1 aliphatic heterocycles. The van der Waals surface area contributed by atoms with Gasteiger partial charge in [-0.05, 0) is 24.6 Å². The van der Waals surface area contributed by atoms with E-state index >= 15 is 0 Å². The molecule has 2 aromatic heterocycles. The van der Waals surface area contributed by atoms with E-state index in [9.17, 15) is 4.79 Å². The first-order valence-corrected chi connectivity index (χ1v) is 7.21. The highest BCUT2D eigenvalue weighted by molar-refractivity contribution is 5.94. The molecule has 0 aromatic carbocycles. The molecule has 104 valence electrons. The number of hydrogen-bond donors (Lipinski definition) is 0. The number of hydrogen-bond acceptors (Lipinski definition) is 2. The van der Waals surface area contributed by atoms with Crippen molar-refractivity contribution in [2.24, 2.45) is 0 Å². The van der Waals surface area contributed by atoms with Crippen LogP contribution in [0.25, 0.3) is 5.52 Å². The molecule has 0 N–H and O–H groups in total. The molecule has 2 aromatic rings. The minimum Gasteiger partial charge on any atom is -0.327 e. The predicted octanol–water partition coefficient (Wildman–Crippen LogP) is 2.91. The summed E-state index contributed by atoms with van der Waals surface area (Å²) in [5.41, 5.74) is 1.59. The minimum absolute atomic E-state index is 0.0606. The molecule has 0 aliphatic carbocycles. The van der Waals surface area contributed by atoms with Gasteiger partial charge in [-0.2, -0.15) is 5.10 Å². The van der Waals surface area contributed by atoms with Crippen LogP contribution in [0.3, 0.4) is 0 Å². The van der Waals surface area contributed by atoms with Crippen molar-refractivity contribution in [3.05, 3.63) is 48.3 Å². The molecule has 1 aliphatic rings. The van der Waals surface area contributed by atoms with E-state index in [0.717, 1.165) is 24.8 Å². The average Bonchev–Trinajstić information content (AvgIpc) is 3.12. The Morgan fingerprint density at radius 3 is 3.15 bits per heavy atom. The van der Waals surface area contributed by atoms with E-state index in [0.29, 0.717) is 12.2 Å². The Morgan fingerprint density at radius 2 is 2.30 bits per heavy atom. The van der Waals surface area contributed by atoms with Crippen molar-refractivity contribution >= 4 is 11.4 Å². The largest absolute Gasteiger partial charge is 0.327 e. The van der Waals surface area contributed by atoms with Crippen molar-refractivity contribution in [2.45, 2.75) is 32.2 Å². The van der Waals surface area contributed by atoms with Gasteiger partial charge in [0.2, 0.25) is 0 Å². The molecule has 1 atom stereocenters.